The van der Waals surface area contributed by atoms with Crippen molar-refractivity contribution >= 4 is 23.9 Å². The molecule has 2 aromatic carbocycles. The number of esters is 1. The zero-order valence-electron chi connectivity index (χ0n) is 15.6. The first kappa shape index (κ1) is 19.4. The van der Waals surface area contributed by atoms with Gasteiger partial charge in [0.25, 0.3) is 11.8 Å². The van der Waals surface area contributed by atoms with Gasteiger partial charge >= 0.3 is 5.97 Å². The minimum absolute atomic E-state index is 0.121. The van der Waals surface area contributed by atoms with E-state index in [9.17, 15) is 14.4 Å². The van der Waals surface area contributed by atoms with Gasteiger partial charge in [0.1, 0.15) is 11.7 Å². The number of carbonyl (C=O) groups is 3. The van der Waals surface area contributed by atoms with E-state index in [0.717, 1.165) is 5.56 Å². The molecule has 2 amide bonds. The van der Waals surface area contributed by atoms with Crippen molar-refractivity contribution in [2.45, 2.75) is 18.9 Å². The van der Waals surface area contributed by atoms with Crippen molar-refractivity contribution in [2.24, 2.45) is 0 Å². The fraction of sp³-hybridized carbons (Fsp3) is 0.227. The van der Waals surface area contributed by atoms with E-state index >= 15 is 0 Å². The number of likely N-dealkylation sites (tertiary alicyclic amines) is 1. The minimum Gasteiger partial charge on any atom is -0.467 e. The van der Waals surface area contributed by atoms with Crippen LogP contribution < -0.4 is 5.32 Å². The van der Waals surface area contributed by atoms with Gasteiger partial charge < -0.3 is 15.0 Å². The third-order valence-corrected chi connectivity index (χ3v) is 4.61. The second-order valence-electron chi connectivity index (χ2n) is 6.47. The van der Waals surface area contributed by atoms with E-state index in [1.807, 2.05) is 36.4 Å². The first-order valence-electron chi connectivity index (χ1n) is 9.12. The molecule has 0 unspecified atom stereocenters. The predicted molar refractivity (Wildman–Crippen MR) is 105 cm³/mol. The van der Waals surface area contributed by atoms with E-state index in [2.05, 4.69) is 5.32 Å². The van der Waals surface area contributed by atoms with Gasteiger partial charge in [0, 0.05) is 12.1 Å². The van der Waals surface area contributed by atoms with Crippen molar-refractivity contribution in [2.75, 3.05) is 13.7 Å². The molecule has 28 heavy (non-hydrogen) atoms. The van der Waals surface area contributed by atoms with E-state index in [-0.39, 0.29) is 11.6 Å². The summed E-state index contributed by atoms with van der Waals surface area (Å²) in [5.74, 6) is -1.23. The van der Waals surface area contributed by atoms with E-state index in [4.69, 9.17) is 4.74 Å². The molecule has 1 aliphatic rings. The van der Waals surface area contributed by atoms with Gasteiger partial charge in [0.2, 0.25) is 0 Å². The standard InChI is InChI=1S/C22H22N2O4/c1-28-22(27)19-13-8-14-24(19)21(26)18(15-16-9-4-2-5-10-16)23-20(25)17-11-6-3-7-12-17/h2-7,9-12,15,19H,8,13-14H2,1H3,(H,23,25)/b18-15-/t19-/m1/s1. The number of nitrogens with zero attached hydrogens (tertiary/aromatic N) is 1. The zero-order chi connectivity index (χ0) is 19.9. The molecule has 0 saturated carbocycles. The molecule has 0 radical (unpaired) electrons. The summed E-state index contributed by atoms with van der Waals surface area (Å²) in [7, 11) is 1.31. The zero-order valence-corrected chi connectivity index (χ0v) is 15.6. The number of hydrogen-bond donors (Lipinski definition) is 1. The van der Waals surface area contributed by atoms with Crippen molar-refractivity contribution in [3.63, 3.8) is 0 Å². The number of benzene rings is 2. The van der Waals surface area contributed by atoms with Crippen molar-refractivity contribution < 1.29 is 19.1 Å². The molecule has 1 aliphatic heterocycles. The first-order valence-corrected chi connectivity index (χ1v) is 9.12. The summed E-state index contributed by atoms with van der Waals surface area (Å²) >= 11 is 0. The monoisotopic (exact) mass is 378 g/mol. The Morgan fingerprint density at radius 2 is 1.68 bits per heavy atom. The Kier molecular flexibility index (Phi) is 6.22. The highest BCUT2D eigenvalue weighted by Crippen LogP contribution is 2.21. The molecule has 1 atom stereocenters. The Bertz CT molecular complexity index is 878. The highest BCUT2D eigenvalue weighted by atomic mass is 16.5. The predicted octanol–water partition coefficient (Wildman–Crippen LogP) is 2.62. The van der Waals surface area contributed by atoms with Gasteiger partial charge in [-0.1, -0.05) is 48.5 Å². The van der Waals surface area contributed by atoms with Crippen LogP contribution >= 0.6 is 0 Å². The van der Waals surface area contributed by atoms with Crippen LogP contribution in [0.4, 0.5) is 0 Å². The third kappa shape index (κ3) is 4.46. The highest BCUT2D eigenvalue weighted by molar-refractivity contribution is 6.06. The molecule has 0 spiro atoms. The van der Waals surface area contributed by atoms with Crippen LogP contribution in [-0.4, -0.2) is 42.4 Å². The molecule has 1 heterocycles. The lowest BCUT2D eigenvalue weighted by Crippen LogP contribution is -2.44. The average Bonchev–Trinajstić information content (AvgIpc) is 3.23. The second-order valence-corrected chi connectivity index (χ2v) is 6.47. The molecule has 6 heteroatoms. The molecular formula is C22H22N2O4. The second kappa shape index (κ2) is 8.99. The van der Waals surface area contributed by atoms with Crippen LogP contribution in [0.15, 0.2) is 66.4 Å². The van der Waals surface area contributed by atoms with Gasteiger partial charge in [-0.05, 0) is 36.6 Å². The number of hydrogen-bond acceptors (Lipinski definition) is 4. The van der Waals surface area contributed by atoms with Gasteiger partial charge in [-0.3, -0.25) is 9.59 Å². The minimum atomic E-state index is -0.634. The lowest BCUT2D eigenvalue weighted by Gasteiger charge is -2.24. The maximum Gasteiger partial charge on any atom is 0.328 e. The lowest BCUT2D eigenvalue weighted by molar-refractivity contribution is -0.149. The molecule has 3 rings (SSSR count). The first-order chi connectivity index (χ1) is 13.6. The van der Waals surface area contributed by atoms with Gasteiger partial charge in [0.05, 0.1) is 7.11 Å². The number of ether oxygens (including phenoxy) is 1. The molecule has 1 fully saturated rings. The Morgan fingerprint density at radius 3 is 2.32 bits per heavy atom. The summed E-state index contributed by atoms with van der Waals surface area (Å²) in [6.07, 6.45) is 2.87. The number of methoxy groups -OCH3 is 1. The Morgan fingerprint density at radius 1 is 1.04 bits per heavy atom. The molecule has 144 valence electrons. The van der Waals surface area contributed by atoms with Gasteiger partial charge in [-0.25, -0.2) is 4.79 Å². The van der Waals surface area contributed by atoms with Crippen LogP contribution in [0.5, 0.6) is 0 Å². The maximum absolute atomic E-state index is 13.2. The highest BCUT2D eigenvalue weighted by Gasteiger charge is 2.36. The van der Waals surface area contributed by atoms with Crippen molar-refractivity contribution in [1.29, 1.82) is 0 Å². The summed E-state index contributed by atoms with van der Waals surface area (Å²) < 4.78 is 4.82. The molecule has 0 aromatic heterocycles. The van der Waals surface area contributed by atoms with Gasteiger partial charge in [-0.15, -0.1) is 0 Å². The van der Waals surface area contributed by atoms with Crippen molar-refractivity contribution in [3.05, 3.63) is 77.5 Å². The Balaban J connectivity index is 1.90. The number of amides is 2. The smallest absolute Gasteiger partial charge is 0.328 e. The summed E-state index contributed by atoms with van der Waals surface area (Å²) in [4.78, 5) is 39.3. The lowest BCUT2D eigenvalue weighted by atomic mass is 10.1. The maximum atomic E-state index is 13.2. The summed E-state index contributed by atoms with van der Waals surface area (Å²) in [5.41, 5.74) is 1.34. The van der Waals surface area contributed by atoms with Gasteiger partial charge in [0.15, 0.2) is 0 Å². The molecule has 0 bridgehead atoms. The van der Waals surface area contributed by atoms with Crippen LogP contribution in [0.25, 0.3) is 6.08 Å². The summed E-state index contributed by atoms with van der Waals surface area (Å²) in [6, 6.07) is 17.3. The SMILES string of the molecule is COC(=O)[C@H]1CCCN1C(=O)/C(=C/c1ccccc1)NC(=O)c1ccccc1. The third-order valence-electron chi connectivity index (χ3n) is 4.61. The average molecular weight is 378 g/mol. The van der Waals surface area contributed by atoms with E-state index in [0.29, 0.717) is 24.9 Å². The van der Waals surface area contributed by atoms with Gasteiger partial charge in [-0.2, -0.15) is 0 Å². The van der Waals surface area contributed by atoms with Crippen LogP contribution in [-0.2, 0) is 14.3 Å². The van der Waals surface area contributed by atoms with Crippen LogP contribution in [0.3, 0.4) is 0 Å². The van der Waals surface area contributed by atoms with Crippen molar-refractivity contribution in [1.82, 2.24) is 10.2 Å². The fourth-order valence-electron chi connectivity index (χ4n) is 3.20. The largest absolute Gasteiger partial charge is 0.467 e. The number of carbonyl (C=O) groups excluding carboxylic acids is 3. The van der Waals surface area contributed by atoms with Crippen LogP contribution in [0, 0.1) is 0 Å². The molecule has 0 aliphatic carbocycles. The molecule has 6 nitrogen and oxygen atoms in total. The molecule has 1 N–H and O–H groups in total. The quantitative estimate of drug-likeness (QED) is 0.641. The Labute approximate surface area is 163 Å². The van der Waals surface area contributed by atoms with Crippen molar-refractivity contribution in [3.8, 4) is 0 Å². The number of rotatable bonds is 5. The topological polar surface area (TPSA) is 75.7 Å². The molecule has 1 saturated heterocycles. The fourth-order valence-corrected chi connectivity index (χ4v) is 3.20. The summed E-state index contributed by atoms with van der Waals surface area (Å²) in [5, 5.41) is 2.71. The van der Waals surface area contributed by atoms with E-state index in [1.165, 1.54) is 12.0 Å². The molecule has 2 aromatic rings. The summed E-state index contributed by atoms with van der Waals surface area (Å²) in [6.45, 7) is 0.436. The van der Waals surface area contributed by atoms with E-state index in [1.54, 1.807) is 30.3 Å². The Hall–Kier alpha value is -3.41. The van der Waals surface area contributed by atoms with Crippen LogP contribution in [0.1, 0.15) is 28.8 Å². The van der Waals surface area contributed by atoms with E-state index < -0.39 is 17.9 Å². The number of nitrogens with one attached hydrogen (secondary N) is 1. The normalized spacial score (nSPS) is 16.5. The molecular weight excluding hydrogens is 356 g/mol. The van der Waals surface area contributed by atoms with Crippen LogP contribution in [0.2, 0.25) is 0 Å².